The molecule has 0 aliphatic heterocycles. The number of hydrogen-bond acceptors (Lipinski definition) is 4. The van der Waals surface area contributed by atoms with Gasteiger partial charge in [-0.1, -0.05) is 6.07 Å². The lowest BCUT2D eigenvalue weighted by Crippen LogP contribution is -2.38. The molecule has 0 amide bonds. The molecule has 0 unspecified atom stereocenters. The van der Waals surface area contributed by atoms with Gasteiger partial charge in [-0.3, -0.25) is 0 Å². The molecule has 2 rings (SSSR count). The Morgan fingerprint density at radius 3 is 2.52 bits per heavy atom. The number of benzene rings is 1. The number of ether oxygens (including phenoxy) is 1. The van der Waals surface area contributed by atoms with E-state index in [1.54, 1.807) is 22.5 Å². The van der Waals surface area contributed by atoms with Crippen molar-refractivity contribution in [1.29, 1.82) is 0 Å². The molecule has 118 valence electrons. The van der Waals surface area contributed by atoms with Crippen molar-refractivity contribution in [2.45, 2.75) is 44.2 Å². The number of nitrogens with zero attached hydrogens (tertiary/aromatic N) is 1. The standard InChI is InChI=1S/C15H24N2O3S/c1-11(2)17(10-12-4-5-12)21(18,19)15-7-6-13(9-16)8-14(15)20-3/h6-8,11-12H,4-5,9-10,16H2,1-3H3. The highest BCUT2D eigenvalue weighted by Gasteiger charge is 2.34. The van der Waals surface area contributed by atoms with E-state index in [0.717, 1.165) is 18.4 Å². The van der Waals surface area contributed by atoms with Crippen LogP contribution in [0.15, 0.2) is 23.1 Å². The fourth-order valence-electron chi connectivity index (χ4n) is 2.32. The normalized spacial score (nSPS) is 15.7. The summed E-state index contributed by atoms with van der Waals surface area (Å²) >= 11 is 0. The summed E-state index contributed by atoms with van der Waals surface area (Å²) in [6.07, 6.45) is 2.23. The molecule has 2 N–H and O–H groups in total. The average molecular weight is 312 g/mol. The Hall–Kier alpha value is -1.11. The Morgan fingerprint density at radius 2 is 2.05 bits per heavy atom. The van der Waals surface area contributed by atoms with Crippen LogP contribution < -0.4 is 10.5 Å². The zero-order chi connectivity index (χ0) is 15.6. The van der Waals surface area contributed by atoms with Crippen LogP contribution in [-0.4, -0.2) is 32.4 Å². The van der Waals surface area contributed by atoms with E-state index in [4.69, 9.17) is 10.5 Å². The van der Waals surface area contributed by atoms with Crippen LogP contribution in [0.1, 0.15) is 32.3 Å². The Labute approximate surface area is 127 Å². The molecule has 5 nitrogen and oxygen atoms in total. The number of hydrogen-bond donors (Lipinski definition) is 1. The molecule has 0 radical (unpaired) electrons. The maximum absolute atomic E-state index is 12.9. The number of rotatable bonds is 7. The molecule has 0 spiro atoms. The van der Waals surface area contributed by atoms with E-state index in [1.807, 2.05) is 13.8 Å². The van der Waals surface area contributed by atoms with E-state index < -0.39 is 10.0 Å². The van der Waals surface area contributed by atoms with Gasteiger partial charge in [-0.2, -0.15) is 4.31 Å². The largest absolute Gasteiger partial charge is 0.495 e. The first-order valence-electron chi connectivity index (χ1n) is 7.29. The van der Waals surface area contributed by atoms with E-state index in [1.165, 1.54) is 7.11 Å². The molecule has 0 heterocycles. The Bertz CT molecular complexity index is 595. The third kappa shape index (κ3) is 3.56. The maximum Gasteiger partial charge on any atom is 0.246 e. The topological polar surface area (TPSA) is 72.6 Å². The van der Waals surface area contributed by atoms with Crippen LogP contribution in [0, 0.1) is 5.92 Å². The summed E-state index contributed by atoms with van der Waals surface area (Å²) in [5.41, 5.74) is 6.45. The average Bonchev–Trinajstić information content (AvgIpc) is 3.27. The van der Waals surface area contributed by atoms with Crippen molar-refractivity contribution >= 4 is 10.0 Å². The summed E-state index contributed by atoms with van der Waals surface area (Å²) < 4.78 is 32.7. The highest BCUT2D eigenvalue weighted by molar-refractivity contribution is 7.89. The van der Waals surface area contributed by atoms with Crippen LogP contribution in [0.3, 0.4) is 0 Å². The summed E-state index contributed by atoms with van der Waals surface area (Å²) in [7, 11) is -2.07. The Kier molecular flexibility index (Phi) is 4.91. The lowest BCUT2D eigenvalue weighted by molar-refractivity contribution is 0.337. The fraction of sp³-hybridized carbons (Fsp3) is 0.600. The molecule has 1 fully saturated rings. The number of sulfonamides is 1. The van der Waals surface area contributed by atoms with Crippen LogP contribution in [-0.2, 0) is 16.6 Å². The summed E-state index contributed by atoms with van der Waals surface area (Å²) in [5, 5.41) is 0. The van der Waals surface area contributed by atoms with E-state index in [9.17, 15) is 8.42 Å². The van der Waals surface area contributed by atoms with Gasteiger partial charge in [0.05, 0.1) is 7.11 Å². The zero-order valence-corrected chi connectivity index (χ0v) is 13.7. The Morgan fingerprint density at radius 1 is 1.38 bits per heavy atom. The molecule has 21 heavy (non-hydrogen) atoms. The van der Waals surface area contributed by atoms with Gasteiger partial charge in [-0.25, -0.2) is 8.42 Å². The molecular formula is C15H24N2O3S. The van der Waals surface area contributed by atoms with Crippen LogP contribution in [0.5, 0.6) is 5.75 Å². The molecule has 1 saturated carbocycles. The first kappa shape index (κ1) is 16.3. The predicted molar refractivity (Wildman–Crippen MR) is 82.6 cm³/mol. The smallest absolute Gasteiger partial charge is 0.246 e. The van der Waals surface area contributed by atoms with Crippen LogP contribution in [0.2, 0.25) is 0 Å². The van der Waals surface area contributed by atoms with Crippen LogP contribution in [0.4, 0.5) is 0 Å². The van der Waals surface area contributed by atoms with Gasteiger partial charge in [-0.15, -0.1) is 0 Å². The van der Waals surface area contributed by atoms with E-state index in [-0.39, 0.29) is 10.9 Å². The van der Waals surface area contributed by atoms with E-state index in [0.29, 0.717) is 24.8 Å². The minimum Gasteiger partial charge on any atom is -0.495 e. The summed E-state index contributed by atoms with van der Waals surface area (Å²) in [6, 6.07) is 4.96. The molecule has 1 aromatic rings. The molecule has 0 bridgehead atoms. The first-order chi connectivity index (χ1) is 9.90. The van der Waals surface area contributed by atoms with Crippen molar-refractivity contribution in [3.8, 4) is 5.75 Å². The van der Waals surface area contributed by atoms with E-state index in [2.05, 4.69) is 0 Å². The van der Waals surface area contributed by atoms with Gasteiger partial charge in [0.25, 0.3) is 0 Å². The van der Waals surface area contributed by atoms with Crippen LogP contribution >= 0.6 is 0 Å². The van der Waals surface area contributed by atoms with Crippen molar-refractivity contribution in [2.75, 3.05) is 13.7 Å². The minimum atomic E-state index is -3.56. The van der Waals surface area contributed by atoms with E-state index >= 15 is 0 Å². The monoisotopic (exact) mass is 312 g/mol. The van der Waals surface area contributed by atoms with Gasteiger partial charge in [-0.05, 0) is 50.3 Å². The summed E-state index contributed by atoms with van der Waals surface area (Å²) in [6.45, 7) is 4.75. The fourth-order valence-corrected chi connectivity index (χ4v) is 4.17. The molecule has 1 aromatic carbocycles. The van der Waals surface area contributed by atoms with Crippen molar-refractivity contribution in [3.63, 3.8) is 0 Å². The summed E-state index contributed by atoms with van der Waals surface area (Å²) in [4.78, 5) is 0.219. The molecule has 1 aliphatic carbocycles. The zero-order valence-electron chi connectivity index (χ0n) is 12.9. The molecule has 0 saturated heterocycles. The van der Waals surface area contributed by atoms with Gasteiger partial charge in [0.15, 0.2) is 0 Å². The van der Waals surface area contributed by atoms with Gasteiger partial charge < -0.3 is 10.5 Å². The van der Waals surface area contributed by atoms with Gasteiger partial charge >= 0.3 is 0 Å². The minimum absolute atomic E-state index is 0.0745. The van der Waals surface area contributed by atoms with Gasteiger partial charge in [0, 0.05) is 19.1 Å². The molecule has 0 atom stereocenters. The highest BCUT2D eigenvalue weighted by Crippen LogP contribution is 2.34. The van der Waals surface area contributed by atoms with Crippen molar-refractivity contribution in [3.05, 3.63) is 23.8 Å². The van der Waals surface area contributed by atoms with Crippen molar-refractivity contribution in [2.24, 2.45) is 11.7 Å². The lowest BCUT2D eigenvalue weighted by atomic mass is 10.2. The predicted octanol–water partition coefficient (Wildman–Crippen LogP) is 1.96. The van der Waals surface area contributed by atoms with Gasteiger partial charge in [0.1, 0.15) is 10.6 Å². The highest BCUT2D eigenvalue weighted by atomic mass is 32.2. The SMILES string of the molecule is COc1cc(CN)ccc1S(=O)(=O)N(CC1CC1)C(C)C. The molecular weight excluding hydrogens is 288 g/mol. The molecule has 1 aliphatic rings. The van der Waals surface area contributed by atoms with Crippen LogP contribution in [0.25, 0.3) is 0 Å². The maximum atomic E-state index is 12.9. The number of methoxy groups -OCH3 is 1. The lowest BCUT2D eigenvalue weighted by Gasteiger charge is -2.26. The molecule has 6 heteroatoms. The second-order valence-electron chi connectivity index (χ2n) is 5.80. The first-order valence-corrected chi connectivity index (χ1v) is 8.73. The van der Waals surface area contributed by atoms with Crippen molar-refractivity contribution in [1.82, 2.24) is 4.31 Å². The molecule has 0 aromatic heterocycles. The quantitative estimate of drug-likeness (QED) is 0.835. The van der Waals surface area contributed by atoms with Gasteiger partial charge in [0.2, 0.25) is 10.0 Å². The third-order valence-corrected chi connectivity index (χ3v) is 5.84. The second kappa shape index (κ2) is 6.34. The summed E-state index contributed by atoms with van der Waals surface area (Å²) in [5.74, 6) is 0.857. The Balaban J connectivity index is 2.40. The third-order valence-electron chi connectivity index (χ3n) is 3.76. The number of nitrogens with two attached hydrogens (primary N) is 1. The van der Waals surface area contributed by atoms with Crippen molar-refractivity contribution < 1.29 is 13.2 Å². The second-order valence-corrected chi connectivity index (χ2v) is 7.66.